The van der Waals surface area contributed by atoms with Crippen molar-refractivity contribution in [3.05, 3.63) is 71.0 Å². The lowest BCUT2D eigenvalue weighted by molar-refractivity contribution is -0.142. The molecule has 1 aliphatic heterocycles. The Morgan fingerprint density at radius 2 is 2.00 bits per heavy atom. The Labute approximate surface area is 152 Å². The fourth-order valence-corrected chi connectivity index (χ4v) is 4.23. The SMILES string of the molecule is CCc1ccc(C2NCC(c3ccc4occc4c3)C2C(=O)O)cc1C. The van der Waals surface area contributed by atoms with Gasteiger partial charge in [0.05, 0.1) is 12.2 Å². The molecule has 2 aromatic carbocycles. The highest BCUT2D eigenvalue weighted by molar-refractivity contribution is 5.79. The fourth-order valence-electron chi connectivity index (χ4n) is 4.23. The quantitative estimate of drug-likeness (QED) is 0.731. The minimum absolute atomic E-state index is 0.0667. The second-order valence-corrected chi connectivity index (χ2v) is 7.11. The minimum Gasteiger partial charge on any atom is -0.481 e. The van der Waals surface area contributed by atoms with E-state index in [9.17, 15) is 9.90 Å². The Kier molecular flexibility index (Phi) is 4.29. The molecule has 1 aromatic heterocycles. The van der Waals surface area contributed by atoms with Gasteiger partial charge < -0.3 is 14.8 Å². The van der Waals surface area contributed by atoms with Crippen LogP contribution in [0.1, 0.15) is 41.1 Å². The van der Waals surface area contributed by atoms with E-state index in [-0.39, 0.29) is 12.0 Å². The molecular weight excluding hydrogens is 326 g/mol. The summed E-state index contributed by atoms with van der Waals surface area (Å²) in [6.07, 6.45) is 2.65. The standard InChI is InChI=1S/C22H23NO3/c1-3-14-4-5-17(10-13(14)2)21-20(22(24)25)18(12-23-21)15-6-7-19-16(11-15)8-9-26-19/h4-11,18,20-21,23H,3,12H2,1-2H3,(H,24,25). The first kappa shape index (κ1) is 16.9. The zero-order valence-corrected chi connectivity index (χ0v) is 15.0. The molecule has 134 valence electrons. The predicted molar refractivity (Wildman–Crippen MR) is 101 cm³/mol. The van der Waals surface area contributed by atoms with Gasteiger partial charge in [0, 0.05) is 23.9 Å². The lowest BCUT2D eigenvalue weighted by Crippen LogP contribution is -2.25. The molecule has 3 aromatic rings. The van der Waals surface area contributed by atoms with E-state index in [4.69, 9.17) is 4.42 Å². The van der Waals surface area contributed by atoms with Crippen LogP contribution < -0.4 is 5.32 Å². The normalized spacial score (nSPS) is 22.8. The van der Waals surface area contributed by atoms with Crippen molar-refractivity contribution in [3.8, 4) is 0 Å². The number of hydrogen-bond donors (Lipinski definition) is 2. The first-order chi connectivity index (χ1) is 12.6. The first-order valence-electron chi connectivity index (χ1n) is 9.11. The summed E-state index contributed by atoms with van der Waals surface area (Å²) < 4.78 is 5.40. The largest absolute Gasteiger partial charge is 0.481 e. The Morgan fingerprint density at radius 1 is 1.19 bits per heavy atom. The van der Waals surface area contributed by atoms with E-state index in [0.29, 0.717) is 6.54 Å². The van der Waals surface area contributed by atoms with E-state index in [1.165, 1.54) is 11.1 Å². The summed E-state index contributed by atoms with van der Waals surface area (Å²) in [6, 6.07) is 14.0. The molecule has 4 heteroatoms. The van der Waals surface area contributed by atoms with Crippen LogP contribution in [0.2, 0.25) is 0 Å². The molecule has 3 atom stereocenters. The summed E-state index contributed by atoms with van der Waals surface area (Å²) in [5.74, 6) is -1.32. The molecule has 4 nitrogen and oxygen atoms in total. The number of nitrogens with one attached hydrogen (secondary N) is 1. The Balaban J connectivity index is 1.69. The van der Waals surface area contributed by atoms with Gasteiger partial charge in [-0.05, 0) is 53.8 Å². The summed E-state index contributed by atoms with van der Waals surface area (Å²) in [7, 11) is 0. The van der Waals surface area contributed by atoms with Crippen molar-refractivity contribution in [2.45, 2.75) is 32.2 Å². The second kappa shape index (κ2) is 6.61. The van der Waals surface area contributed by atoms with Crippen molar-refractivity contribution < 1.29 is 14.3 Å². The molecule has 2 heterocycles. The number of aryl methyl sites for hydroxylation is 2. The summed E-state index contributed by atoms with van der Waals surface area (Å²) in [5, 5.41) is 14.4. The van der Waals surface area contributed by atoms with Crippen LogP contribution in [-0.4, -0.2) is 17.6 Å². The van der Waals surface area contributed by atoms with Crippen molar-refractivity contribution in [2.75, 3.05) is 6.54 Å². The number of rotatable bonds is 4. The Bertz CT molecular complexity index is 959. The maximum atomic E-state index is 12.1. The van der Waals surface area contributed by atoms with Gasteiger partial charge in [0.25, 0.3) is 0 Å². The smallest absolute Gasteiger partial charge is 0.309 e. The topological polar surface area (TPSA) is 62.5 Å². The van der Waals surface area contributed by atoms with Crippen molar-refractivity contribution in [3.63, 3.8) is 0 Å². The van der Waals surface area contributed by atoms with E-state index < -0.39 is 11.9 Å². The third kappa shape index (κ3) is 2.80. The molecule has 0 saturated carbocycles. The zero-order chi connectivity index (χ0) is 18.3. The molecule has 0 spiro atoms. The molecule has 0 aliphatic carbocycles. The maximum absolute atomic E-state index is 12.1. The second-order valence-electron chi connectivity index (χ2n) is 7.11. The van der Waals surface area contributed by atoms with Crippen molar-refractivity contribution in [2.24, 2.45) is 5.92 Å². The van der Waals surface area contributed by atoms with Crippen LogP contribution in [0, 0.1) is 12.8 Å². The average molecular weight is 349 g/mol. The number of aliphatic carboxylic acids is 1. The van der Waals surface area contributed by atoms with Gasteiger partial charge >= 0.3 is 5.97 Å². The Morgan fingerprint density at radius 3 is 2.73 bits per heavy atom. The summed E-state index contributed by atoms with van der Waals surface area (Å²) in [4.78, 5) is 12.1. The van der Waals surface area contributed by atoms with Crippen LogP contribution in [0.3, 0.4) is 0 Å². The van der Waals surface area contributed by atoms with Gasteiger partial charge in [0.15, 0.2) is 0 Å². The highest BCUT2D eigenvalue weighted by atomic mass is 16.4. The number of carboxylic acid groups (broad SMARTS) is 1. The predicted octanol–water partition coefficient (Wildman–Crippen LogP) is 4.43. The van der Waals surface area contributed by atoms with E-state index in [1.54, 1.807) is 6.26 Å². The molecule has 1 saturated heterocycles. The van der Waals surface area contributed by atoms with Crippen LogP contribution in [0.4, 0.5) is 0 Å². The van der Waals surface area contributed by atoms with Crippen molar-refractivity contribution in [1.82, 2.24) is 5.32 Å². The van der Waals surface area contributed by atoms with E-state index in [1.807, 2.05) is 18.2 Å². The van der Waals surface area contributed by atoms with Gasteiger partial charge in [-0.15, -0.1) is 0 Å². The van der Waals surface area contributed by atoms with E-state index >= 15 is 0 Å². The zero-order valence-electron chi connectivity index (χ0n) is 15.0. The van der Waals surface area contributed by atoms with Gasteiger partial charge in [-0.1, -0.05) is 31.2 Å². The summed E-state index contributed by atoms with van der Waals surface area (Å²) >= 11 is 0. The highest BCUT2D eigenvalue weighted by Crippen LogP contribution is 2.41. The third-order valence-electron chi connectivity index (χ3n) is 5.65. The van der Waals surface area contributed by atoms with Gasteiger partial charge in [-0.2, -0.15) is 0 Å². The number of carboxylic acids is 1. The Hall–Kier alpha value is -2.59. The molecular formula is C22H23NO3. The highest BCUT2D eigenvalue weighted by Gasteiger charge is 2.42. The maximum Gasteiger partial charge on any atom is 0.309 e. The van der Waals surface area contributed by atoms with Crippen LogP contribution >= 0.6 is 0 Å². The number of fused-ring (bicyclic) bond motifs is 1. The van der Waals surface area contributed by atoms with Gasteiger partial charge in [-0.3, -0.25) is 4.79 Å². The monoisotopic (exact) mass is 349 g/mol. The molecule has 2 N–H and O–H groups in total. The van der Waals surface area contributed by atoms with E-state index in [2.05, 4.69) is 43.4 Å². The molecule has 1 fully saturated rings. The van der Waals surface area contributed by atoms with Gasteiger partial charge in [0.1, 0.15) is 5.58 Å². The lowest BCUT2D eigenvalue weighted by atomic mass is 9.82. The lowest BCUT2D eigenvalue weighted by Gasteiger charge is -2.21. The molecule has 0 amide bonds. The van der Waals surface area contributed by atoms with Gasteiger partial charge in [-0.25, -0.2) is 0 Å². The molecule has 0 bridgehead atoms. The van der Waals surface area contributed by atoms with Crippen molar-refractivity contribution in [1.29, 1.82) is 0 Å². The number of carbonyl (C=O) groups is 1. The van der Waals surface area contributed by atoms with Crippen LogP contribution in [0.15, 0.2) is 53.1 Å². The molecule has 1 aliphatic rings. The number of hydrogen-bond acceptors (Lipinski definition) is 3. The molecule has 26 heavy (non-hydrogen) atoms. The molecule has 0 radical (unpaired) electrons. The van der Waals surface area contributed by atoms with Crippen LogP contribution in [0.25, 0.3) is 11.0 Å². The first-order valence-corrected chi connectivity index (χ1v) is 9.11. The van der Waals surface area contributed by atoms with Crippen LogP contribution in [-0.2, 0) is 11.2 Å². The molecule has 4 rings (SSSR count). The third-order valence-corrected chi connectivity index (χ3v) is 5.65. The molecule has 3 unspecified atom stereocenters. The van der Waals surface area contributed by atoms with E-state index in [0.717, 1.165) is 28.5 Å². The van der Waals surface area contributed by atoms with Crippen LogP contribution in [0.5, 0.6) is 0 Å². The van der Waals surface area contributed by atoms with Gasteiger partial charge in [0.2, 0.25) is 0 Å². The fraction of sp³-hybridized carbons (Fsp3) is 0.318. The van der Waals surface area contributed by atoms with Crippen molar-refractivity contribution >= 4 is 16.9 Å². The average Bonchev–Trinajstić information content (AvgIpc) is 3.27. The summed E-state index contributed by atoms with van der Waals surface area (Å²) in [6.45, 7) is 4.88. The minimum atomic E-state index is -0.755. The number of benzene rings is 2. The summed E-state index contributed by atoms with van der Waals surface area (Å²) in [5.41, 5.74) is 5.45. The number of furan rings is 1.